The first kappa shape index (κ1) is 73.9. The molecule has 0 spiro atoms. The van der Waals surface area contributed by atoms with E-state index >= 15 is 0 Å². The Morgan fingerprint density at radius 1 is 0.397 bits per heavy atom. The van der Waals surface area contributed by atoms with Gasteiger partial charge in [0.05, 0.1) is 27.7 Å². The second-order valence-corrected chi connectivity index (χ2v) is 22.4. The number of likely N-dealkylation sites (N-methyl/N-ethyl adjacent to an activating group) is 1. The number of esters is 2. The molecule has 0 bridgehead atoms. The summed E-state index contributed by atoms with van der Waals surface area (Å²) in [6.45, 7) is 4.14. The number of hydrogen-bond acceptors (Lipinski definition) is 7. The first-order valence-corrected chi connectivity index (χ1v) is 32.1. The van der Waals surface area contributed by atoms with Crippen molar-refractivity contribution in [2.45, 2.75) is 225 Å². The summed E-state index contributed by atoms with van der Waals surface area (Å²) in [6, 6.07) is 0. The Hall–Kier alpha value is -4.11. The molecule has 0 fully saturated rings. The van der Waals surface area contributed by atoms with Gasteiger partial charge in [-0.2, -0.15) is 0 Å². The van der Waals surface area contributed by atoms with Crippen LogP contribution in [-0.2, 0) is 32.7 Å². The van der Waals surface area contributed by atoms with E-state index in [1.807, 2.05) is 21.1 Å². The van der Waals surface area contributed by atoms with Crippen LogP contribution in [0.4, 0.5) is 0 Å². The Morgan fingerprint density at radius 2 is 0.692 bits per heavy atom. The highest BCUT2D eigenvalue weighted by molar-refractivity contribution is 7.47. The highest BCUT2D eigenvalue weighted by atomic mass is 31.2. The number of carbonyl (C=O) groups is 2. The van der Waals surface area contributed by atoms with Crippen LogP contribution in [0.3, 0.4) is 0 Å². The number of ether oxygens (including phenoxy) is 2. The topological polar surface area (TPSA) is 108 Å². The minimum Gasteiger partial charge on any atom is -0.462 e. The normalized spacial score (nSPS) is 14.3. The summed E-state index contributed by atoms with van der Waals surface area (Å²) in [4.78, 5) is 35.7. The Kier molecular flexibility index (Phi) is 54.5. The maximum Gasteiger partial charge on any atom is 0.472 e. The molecule has 10 heteroatoms. The number of nitrogens with zero attached hydrogens (tertiary/aromatic N) is 1. The predicted molar refractivity (Wildman–Crippen MR) is 334 cm³/mol. The fourth-order valence-electron chi connectivity index (χ4n) is 7.73. The summed E-state index contributed by atoms with van der Waals surface area (Å²) in [5.74, 6) is -0.858. The van der Waals surface area contributed by atoms with Gasteiger partial charge in [-0.05, 0) is 116 Å². The maximum atomic E-state index is 12.8. The molecule has 0 rings (SSSR count). The van der Waals surface area contributed by atoms with E-state index in [1.165, 1.54) is 70.6 Å². The SMILES string of the molecule is CC/C=C\C/C=C\C/C=C\C/C=C\C/C=C\C/C=C\CCCCCCCCCCCCCCCCC(=O)OC(COC(=O)CCCC/C=C\C/C=C\C/C=C\C/C=C\C/C=C\C/C=C\CC)COP(=O)(O)OCC[N+](C)(C)C. The molecule has 0 amide bonds. The molecule has 9 nitrogen and oxygen atoms in total. The molecular weight excluding hydrogens is 990 g/mol. The molecule has 0 heterocycles. The third-order valence-corrected chi connectivity index (χ3v) is 13.3. The molecule has 2 atom stereocenters. The van der Waals surface area contributed by atoms with Crippen molar-refractivity contribution in [1.82, 2.24) is 0 Å². The van der Waals surface area contributed by atoms with Gasteiger partial charge in [0, 0.05) is 12.8 Å². The second-order valence-electron chi connectivity index (χ2n) is 21.0. The van der Waals surface area contributed by atoms with Gasteiger partial charge in [-0.25, -0.2) is 4.57 Å². The standard InChI is InChI=1S/C68H112NO8P/c1-6-8-10-12-14-16-18-20-22-24-26-28-29-30-31-32-33-34-35-36-37-38-39-41-43-45-47-49-51-53-55-57-59-61-68(71)77-66(65-76-78(72,73)75-63-62-69(3,4)5)64-74-67(70)60-58-56-54-52-50-48-46-44-42-40-27-25-23-21-19-17-15-13-11-9-7-2/h8-11,14-17,20-23,26-28,30-31,33-34,40,44,46,50,52,66H,6-7,12-13,18-19,24-25,29,32,35-39,41-43,45,47-49,51,53-65H2,1-5H3/p+1/b10-8-,11-9-,16-14-,17-15-,22-20-,23-21-,28-26-,31-30-,34-33-,40-27-,46-44-,52-50-. The molecule has 0 aliphatic carbocycles. The van der Waals surface area contributed by atoms with Crippen LogP contribution < -0.4 is 0 Å². The quantitative estimate of drug-likeness (QED) is 0.0211. The number of hydrogen-bond donors (Lipinski definition) is 1. The predicted octanol–water partition coefficient (Wildman–Crippen LogP) is 19.5. The van der Waals surface area contributed by atoms with Crippen LogP contribution in [0.25, 0.3) is 0 Å². The number of phosphoric acid groups is 1. The minimum absolute atomic E-state index is 0.0169. The van der Waals surface area contributed by atoms with Crippen molar-refractivity contribution < 1.29 is 42.1 Å². The third kappa shape index (κ3) is 61.1. The molecular formula is C68H113NO8P+. The lowest BCUT2D eigenvalue weighted by Gasteiger charge is -2.24. The molecule has 0 aliphatic heterocycles. The van der Waals surface area contributed by atoms with Gasteiger partial charge in [-0.1, -0.05) is 237 Å². The van der Waals surface area contributed by atoms with E-state index in [0.717, 1.165) is 109 Å². The van der Waals surface area contributed by atoms with Gasteiger partial charge in [0.1, 0.15) is 19.8 Å². The third-order valence-electron chi connectivity index (χ3n) is 12.4. The Morgan fingerprint density at radius 3 is 1.05 bits per heavy atom. The Bertz CT molecular complexity index is 1820. The van der Waals surface area contributed by atoms with Gasteiger partial charge in [-0.15, -0.1) is 0 Å². The molecule has 0 aromatic rings. The van der Waals surface area contributed by atoms with Gasteiger partial charge >= 0.3 is 19.8 Å². The molecule has 0 aliphatic rings. The molecule has 0 saturated heterocycles. The van der Waals surface area contributed by atoms with Crippen molar-refractivity contribution in [1.29, 1.82) is 0 Å². The maximum absolute atomic E-state index is 12.8. The largest absolute Gasteiger partial charge is 0.472 e. The summed E-state index contributed by atoms with van der Waals surface area (Å²) >= 11 is 0. The number of quaternary nitrogens is 1. The van der Waals surface area contributed by atoms with Gasteiger partial charge in [0.25, 0.3) is 0 Å². The minimum atomic E-state index is -4.41. The highest BCUT2D eigenvalue weighted by Crippen LogP contribution is 2.43. The van der Waals surface area contributed by atoms with Crippen molar-refractivity contribution in [2.24, 2.45) is 0 Å². The lowest BCUT2D eigenvalue weighted by molar-refractivity contribution is -0.870. The monoisotopic (exact) mass is 1100 g/mol. The highest BCUT2D eigenvalue weighted by Gasteiger charge is 2.27. The van der Waals surface area contributed by atoms with Crippen LogP contribution in [0.15, 0.2) is 146 Å². The van der Waals surface area contributed by atoms with Crippen molar-refractivity contribution in [3.05, 3.63) is 146 Å². The zero-order valence-electron chi connectivity index (χ0n) is 50.1. The van der Waals surface area contributed by atoms with E-state index in [-0.39, 0.29) is 26.1 Å². The number of unbranched alkanes of at least 4 members (excludes halogenated alkanes) is 16. The average molecular weight is 1100 g/mol. The molecule has 442 valence electrons. The summed E-state index contributed by atoms with van der Waals surface area (Å²) in [7, 11) is 1.43. The lowest BCUT2D eigenvalue weighted by Crippen LogP contribution is -2.37. The van der Waals surface area contributed by atoms with Gasteiger partial charge in [0.2, 0.25) is 0 Å². The molecule has 1 N–H and O–H groups in total. The first-order valence-electron chi connectivity index (χ1n) is 30.6. The van der Waals surface area contributed by atoms with Gasteiger partial charge in [-0.3, -0.25) is 18.6 Å². The van der Waals surface area contributed by atoms with Crippen LogP contribution in [0.5, 0.6) is 0 Å². The first-order chi connectivity index (χ1) is 38.0. The van der Waals surface area contributed by atoms with E-state index in [9.17, 15) is 19.0 Å². The lowest BCUT2D eigenvalue weighted by atomic mass is 10.0. The number of rotatable bonds is 54. The summed E-state index contributed by atoms with van der Waals surface area (Å²) in [6.07, 6.45) is 85.0. The van der Waals surface area contributed by atoms with E-state index in [0.29, 0.717) is 23.9 Å². The van der Waals surface area contributed by atoms with Crippen LogP contribution >= 0.6 is 7.82 Å². The van der Waals surface area contributed by atoms with Crippen molar-refractivity contribution >= 4 is 19.8 Å². The summed E-state index contributed by atoms with van der Waals surface area (Å²) in [5.41, 5.74) is 0. The summed E-state index contributed by atoms with van der Waals surface area (Å²) < 4.78 is 34.5. The van der Waals surface area contributed by atoms with Crippen molar-refractivity contribution in [3.8, 4) is 0 Å². The molecule has 78 heavy (non-hydrogen) atoms. The molecule has 2 unspecified atom stereocenters. The fraction of sp³-hybridized carbons (Fsp3) is 0.618. The average Bonchev–Trinajstić information content (AvgIpc) is 3.41. The fourth-order valence-corrected chi connectivity index (χ4v) is 8.47. The van der Waals surface area contributed by atoms with E-state index in [4.69, 9.17) is 18.5 Å². The van der Waals surface area contributed by atoms with E-state index in [1.54, 1.807) is 0 Å². The second kappa shape index (κ2) is 57.6. The van der Waals surface area contributed by atoms with Crippen molar-refractivity contribution in [3.63, 3.8) is 0 Å². The molecule has 0 saturated carbocycles. The summed E-state index contributed by atoms with van der Waals surface area (Å²) in [5, 5.41) is 0. The van der Waals surface area contributed by atoms with E-state index < -0.39 is 32.5 Å². The molecule has 0 aromatic heterocycles. The van der Waals surface area contributed by atoms with Crippen LogP contribution in [-0.4, -0.2) is 74.9 Å². The Balaban J connectivity index is 4.19. The molecule has 0 radical (unpaired) electrons. The van der Waals surface area contributed by atoms with Crippen LogP contribution in [0, 0.1) is 0 Å². The van der Waals surface area contributed by atoms with Crippen molar-refractivity contribution in [2.75, 3.05) is 47.5 Å². The number of allylic oxidation sites excluding steroid dienone is 24. The zero-order valence-corrected chi connectivity index (χ0v) is 51.0. The number of phosphoric ester groups is 1. The number of carbonyl (C=O) groups excluding carboxylic acids is 2. The smallest absolute Gasteiger partial charge is 0.462 e. The zero-order chi connectivity index (χ0) is 57.0. The molecule has 0 aromatic carbocycles. The van der Waals surface area contributed by atoms with Gasteiger partial charge < -0.3 is 18.9 Å². The van der Waals surface area contributed by atoms with E-state index in [2.05, 4.69) is 160 Å². The Labute approximate surface area is 478 Å². The van der Waals surface area contributed by atoms with Crippen LogP contribution in [0.2, 0.25) is 0 Å². The van der Waals surface area contributed by atoms with Crippen LogP contribution in [0.1, 0.15) is 219 Å². The van der Waals surface area contributed by atoms with Gasteiger partial charge in [0.15, 0.2) is 6.10 Å².